The maximum absolute atomic E-state index is 12.1. The molecule has 1 aliphatic heterocycles. The minimum atomic E-state index is -0.714. The van der Waals surface area contributed by atoms with Crippen molar-refractivity contribution >= 4 is 40.9 Å². The number of thioether (sulfide) groups is 1. The van der Waals surface area contributed by atoms with Gasteiger partial charge < -0.3 is 15.4 Å². The van der Waals surface area contributed by atoms with E-state index in [2.05, 4.69) is 10.6 Å². The molecular formula is C15H17N3O6S. The zero-order valence-electron chi connectivity index (χ0n) is 13.4. The predicted molar refractivity (Wildman–Crippen MR) is 91.2 cm³/mol. The monoisotopic (exact) mass is 367 g/mol. The molecule has 2 rings (SSSR count). The second-order valence-corrected chi connectivity index (χ2v) is 6.43. The van der Waals surface area contributed by atoms with Gasteiger partial charge in [-0.1, -0.05) is 6.07 Å². The predicted octanol–water partition coefficient (Wildman–Crippen LogP) is 1.09. The molecule has 1 saturated heterocycles. The first-order valence-electron chi connectivity index (χ1n) is 7.53. The molecule has 1 aliphatic rings. The van der Waals surface area contributed by atoms with Crippen LogP contribution < -0.4 is 10.6 Å². The first kappa shape index (κ1) is 18.7. The molecule has 1 fully saturated rings. The fourth-order valence-corrected chi connectivity index (χ4v) is 3.33. The number of amides is 2. The van der Waals surface area contributed by atoms with E-state index in [9.17, 15) is 24.5 Å². The van der Waals surface area contributed by atoms with Crippen molar-refractivity contribution in [1.82, 2.24) is 5.32 Å². The van der Waals surface area contributed by atoms with Crippen LogP contribution in [0.3, 0.4) is 0 Å². The van der Waals surface area contributed by atoms with Gasteiger partial charge in [0.15, 0.2) is 0 Å². The molecule has 0 aliphatic carbocycles. The Hall–Kier alpha value is -2.62. The Labute approximate surface area is 147 Å². The van der Waals surface area contributed by atoms with Crippen LogP contribution in [0, 0.1) is 10.1 Å². The Morgan fingerprint density at radius 1 is 1.48 bits per heavy atom. The quantitative estimate of drug-likeness (QED) is 0.437. The second kappa shape index (κ2) is 8.47. The van der Waals surface area contributed by atoms with Gasteiger partial charge in [-0.15, -0.1) is 11.8 Å². The van der Waals surface area contributed by atoms with E-state index in [0.29, 0.717) is 5.75 Å². The third-order valence-electron chi connectivity index (χ3n) is 3.36. The van der Waals surface area contributed by atoms with Gasteiger partial charge in [0.1, 0.15) is 6.04 Å². The zero-order valence-corrected chi connectivity index (χ0v) is 14.2. The molecule has 9 nitrogen and oxygen atoms in total. The smallest absolute Gasteiger partial charge is 0.329 e. The molecule has 1 aromatic carbocycles. The molecule has 0 saturated carbocycles. The molecule has 1 aromatic rings. The maximum Gasteiger partial charge on any atom is 0.329 e. The molecule has 2 atom stereocenters. The standard InChI is InChI=1S/C15H17N3O6S/c1-2-24-15(21)11-8-25-12(14(20)17-11)7-13(19)16-9-4-3-5-10(6-9)18(22)23/h3-6,11-12H,2,7-8H2,1H3,(H,16,19)(H,17,20)/t11-,12+/m0/s1. The molecule has 0 spiro atoms. The van der Waals surface area contributed by atoms with Gasteiger partial charge in [-0.05, 0) is 13.0 Å². The van der Waals surface area contributed by atoms with Crippen LogP contribution in [0.1, 0.15) is 13.3 Å². The number of esters is 1. The van der Waals surface area contributed by atoms with Gasteiger partial charge in [0.2, 0.25) is 11.8 Å². The lowest BCUT2D eigenvalue weighted by molar-refractivity contribution is -0.384. The van der Waals surface area contributed by atoms with Crippen molar-refractivity contribution in [2.45, 2.75) is 24.6 Å². The van der Waals surface area contributed by atoms with Crippen LogP contribution in [0.4, 0.5) is 11.4 Å². The molecule has 0 bridgehead atoms. The summed E-state index contributed by atoms with van der Waals surface area (Å²) in [5, 5.41) is 15.2. The van der Waals surface area contributed by atoms with E-state index < -0.39 is 34.0 Å². The number of carbonyl (C=O) groups excluding carboxylic acids is 3. The highest BCUT2D eigenvalue weighted by molar-refractivity contribution is 8.00. The molecule has 2 amide bonds. The molecule has 10 heteroatoms. The number of nitro groups is 1. The van der Waals surface area contributed by atoms with E-state index >= 15 is 0 Å². The van der Waals surface area contributed by atoms with Gasteiger partial charge in [0.25, 0.3) is 5.69 Å². The van der Waals surface area contributed by atoms with Crippen molar-refractivity contribution in [2.24, 2.45) is 0 Å². The van der Waals surface area contributed by atoms with E-state index in [0.717, 1.165) is 0 Å². The summed E-state index contributed by atoms with van der Waals surface area (Å²) in [5.74, 6) is -1.03. The van der Waals surface area contributed by atoms with E-state index in [-0.39, 0.29) is 24.4 Å². The Balaban J connectivity index is 1.89. The number of carbonyl (C=O) groups is 3. The lowest BCUT2D eigenvalue weighted by atomic mass is 10.2. The topological polar surface area (TPSA) is 128 Å². The number of rotatable bonds is 6. The van der Waals surface area contributed by atoms with Crippen molar-refractivity contribution in [2.75, 3.05) is 17.7 Å². The Bertz CT molecular complexity index is 696. The summed E-state index contributed by atoms with van der Waals surface area (Å²) in [6.45, 7) is 1.90. The molecule has 0 unspecified atom stereocenters. The van der Waals surface area contributed by atoms with E-state index in [1.54, 1.807) is 6.92 Å². The van der Waals surface area contributed by atoms with Gasteiger partial charge in [0, 0.05) is 30.0 Å². The average Bonchev–Trinajstić information content (AvgIpc) is 2.57. The first-order valence-corrected chi connectivity index (χ1v) is 8.58. The molecule has 134 valence electrons. The molecule has 0 aromatic heterocycles. The summed E-state index contributed by atoms with van der Waals surface area (Å²) in [4.78, 5) is 45.9. The van der Waals surface area contributed by atoms with Crippen molar-refractivity contribution in [3.8, 4) is 0 Å². The molecular weight excluding hydrogens is 350 g/mol. The molecule has 25 heavy (non-hydrogen) atoms. The van der Waals surface area contributed by atoms with Crippen LogP contribution in [-0.4, -0.2) is 46.4 Å². The summed E-state index contributed by atoms with van der Waals surface area (Å²) in [7, 11) is 0. The highest BCUT2D eigenvalue weighted by Gasteiger charge is 2.34. The van der Waals surface area contributed by atoms with Crippen LogP contribution in [0.25, 0.3) is 0 Å². The van der Waals surface area contributed by atoms with Crippen molar-refractivity contribution < 1.29 is 24.0 Å². The highest BCUT2D eigenvalue weighted by Crippen LogP contribution is 2.23. The van der Waals surface area contributed by atoms with Crippen molar-refractivity contribution in [3.63, 3.8) is 0 Å². The van der Waals surface area contributed by atoms with Gasteiger partial charge in [0.05, 0.1) is 16.8 Å². The third kappa shape index (κ3) is 5.18. The van der Waals surface area contributed by atoms with Gasteiger partial charge >= 0.3 is 5.97 Å². The molecule has 2 N–H and O–H groups in total. The number of hydrogen-bond donors (Lipinski definition) is 2. The van der Waals surface area contributed by atoms with E-state index in [1.807, 2.05) is 0 Å². The van der Waals surface area contributed by atoms with Crippen LogP contribution >= 0.6 is 11.8 Å². The van der Waals surface area contributed by atoms with Crippen molar-refractivity contribution in [3.05, 3.63) is 34.4 Å². The molecule has 1 heterocycles. The van der Waals surface area contributed by atoms with Gasteiger partial charge in [-0.25, -0.2) is 4.79 Å². The van der Waals surface area contributed by atoms with Gasteiger partial charge in [-0.2, -0.15) is 0 Å². The number of benzene rings is 1. The average molecular weight is 367 g/mol. The van der Waals surface area contributed by atoms with Crippen LogP contribution in [0.5, 0.6) is 0 Å². The van der Waals surface area contributed by atoms with Crippen LogP contribution in [0.2, 0.25) is 0 Å². The SMILES string of the molecule is CCOC(=O)[C@@H]1CS[C@H](CC(=O)Nc2cccc([N+](=O)[O-])c2)C(=O)N1. The molecule has 0 radical (unpaired) electrons. The van der Waals surface area contributed by atoms with E-state index in [4.69, 9.17) is 4.74 Å². The Kier molecular flexibility index (Phi) is 6.34. The number of hydrogen-bond acceptors (Lipinski definition) is 7. The number of non-ortho nitro benzene ring substituents is 1. The summed E-state index contributed by atoms with van der Waals surface area (Å²) in [6.07, 6.45) is -0.102. The third-order valence-corrected chi connectivity index (χ3v) is 4.66. The van der Waals surface area contributed by atoms with Gasteiger partial charge in [-0.3, -0.25) is 19.7 Å². The minimum Gasteiger partial charge on any atom is -0.464 e. The lowest BCUT2D eigenvalue weighted by Gasteiger charge is -2.27. The summed E-state index contributed by atoms with van der Waals surface area (Å²) < 4.78 is 4.85. The lowest BCUT2D eigenvalue weighted by Crippen LogP contribution is -2.51. The summed E-state index contributed by atoms with van der Waals surface area (Å²) in [5.41, 5.74) is 0.143. The number of nitrogens with zero attached hydrogens (tertiary/aromatic N) is 1. The largest absolute Gasteiger partial charge is 0.464 e. The number of nitro benzene ring substituents is 1. The first-order chi connectivity index (χ1) is 11.9. The number of nitrogens with one attached hydrogen (secondary N) is 2. The fourth-order valence-electron chi connectivity index (χ4n) is 2.19. The normalized spacial score (nSPS) is 19.6. The van der Waals surface area contributed by atoms with Crippen LogP contribution in [-0.2, 0) is 19.1 Å². The van der Waals surface area contributed by atoms with Crippen LogP contribution in [0.15, 0.2) is 24.3 Å². The van der Waals surface area contributed by atoms with E-state index in [1.165, 1.54) is 36.0 Å². The second-order valence-electron chi connectivity index (χ2n) is 5.19. The zero-order chi connectivity index (χ0) is 18.4. The highest BCUT2D eigenvalue weighted by atomic mass is 32.2. The fraction of sp³-hybridized carbons (Fsp3) is 0.400. The number of anilines is 1. The minimum absolute atomic E-state index is 0.102. The van der Waals surface area contributed by atoms with Crippen molar-refractivity contribution in [1.29, 1.82) is 0 Å². The summed E-state index contributed by atoms with van der Waals surface area (Å²) in [6, 6.07) is 4.82. The maximum atomic E-state index is 12.1. The Morgan fingerprint density at radius 3 is 2.88 bits per heavy atom. The summed E-state index contributed by atoms with van der Waals surface area (Å²) >= 11 is 1.20. The number of ether oxygens (including phenoxy) is 1. The Morgan fingerprint density at radius 2 is 2.24 bits per heavy atom.